The van der Waals surface area contributed by atoms with E-state index in [1.54, 1.807) is 12.1 Å². The molecule has 8 nitrogen and oxygen atoms in total. The maximum absolute atomic E-state index is 14.1. The van der Waals surface area contributed by atoms with Crippen LogP contribution in [0.2, 0.25) is 0 Å². The molecule has 0 bridgehead atoms. The molecule has 1 saturated heterocycles. The SMILES string of the molecule is O=[N+]([O-])c1ccc(N2CCC[C@H](N[C@@H]3CCCC[C@H]3Nc3ncc(-c4ccc(F)cc4F)o3)C2)cc1. The summed E-state index contributed by atoms with van der Waals surface area (Å²) in [4.78, 5) is 17.1. The monoisotopic (exact) mass is 497 g/mol. The fourth-order valence-electron chi connectivity index (χ4n) is 5.25. The van der Waals surface area contributed by atoms with Crippen LogP contribution < -0.4 is 15.5 Å². The van der Waals surface area contributed by atoms with E-state index in [2.05, 4.69) is 20.5 Å². The maximum Gasteiger partial charge on any atom is 0.295 e. The average Bonchev–Trinajstić information content (AvgIpc) is 3.33. The number of nitrogens with zero attached hydrogens (tertiary/aromatic N) is 3. The van der Waals surface area contributed by atoms with Crippen molar-refractivity contribution in [1.82, 2.24) is 10.3 Å². The van der Waals surface area contributed by atoms with Gasteiger partial charge in [0.15, 0.2) is 5.76 Å². The van der Waals surface area contributed by atoms with Gasteiger partial charge in [-0.15, -0.1) is 0 Å². The number of nitrogens with one attached hydrogen (secondary N) is 2. The molecule has 10 heteroatoms. The molecule has 2 fully saturated rings. The Kier molecular flexibility index (Phi) is 7.13. The van der Waals surface area contributed by atoms with Gasteiger partial charge in [0.2, 0.25) is 0 Å². The lowest BCUT2D eigenvalue weighted by molar-refractivity contribution is -0.384. The number of hydrogen-bond acceptors (Lipinski definition) is 7. The second-order valence-electron chi connectivity index (χ2n) is 9.52. The van der Waals surface area contributed by atoms with E-state index in [4.69, 9.17) is 4.42 Å². The van der Waals surface area contributed by atoms with Gasteiger partial charge in [-0.1, -0.05) is 12.8 Å². The van der Waals surface area contributed by atoms with Crippen LogP contribution in [-0.4, -0.2) is 41.1 Å². The molecule has 190 valence electrons. The second kappa shape index (κ2) is 10.6. The zero-order chi connectivity index (χ0) is 25.1. The summed E-state index contributed by atoms with van der Waals surface area (Å²) >= 11 is 0. The van der Waals surface area contributed by atoms with Gasteiger partial charge < -0.3 is 20.0 Å². The molecule has 1 aromatic heterocycles. The normalized spacial score (nSPS) is 22.4. The van der Waals surface area contributed by atoms with Crippen LogP contribution >= 0.6 is 0 Å². The Bertz CT molecular complexity index is 1200. The Morgan fingerprint density at radius 2 is 1.81 bits per heavy atom. The van der Waals surface area contributed by atoms with Crippen molar-refractivity contribution in [2.45, 2.75) is 56.7 Å². The first-order valence-corrected chi connectivity index (χ1v) is 12.4. The summed E-state index contributed by atoms with van der Waals surface area (Å²) in [5.74, 6) is -1.08. The minimum absolute atomic E-state index is 0.0958. The highest BCUT2D eigenvalue weighted by atomic mass is 19.1. The number of oxazole rings is 1. The number of aromatic nitrogens is 1. The molecule has 0 spiro atoms. The van der Waals surface area contributed by atoms with E-state index in [1.807, 2.05) is 12.1 Å². The molecule has 0 unspecified atom stereocenters. The standard InChI is InChI=1S/C26H29F2N5O3/c27-17-7-12-21(22(28)14-17)25-15-29-26(36-25)31-24-6-2-1-5-23(24)30-18-4-3-13-32(16-18)19-8-10-20(11-9-19)33(34)35/h7-12,14-15,18,23-24,30H,1-6,13,16H2,(H,29,31)/t18-,23+,24+/m0/s1. The number of piperidine rings is 1. The minimum Gasteiger partial charge on any atom is -0.423 e. The number of non-ortho nitro benzene ring substituents is 1. The molecule has 0 amide bonds. The van der Waals surface area contributed by atoms with Crippen molar-refractivity contribution in [2.75, 3.05) is 23.3 Å². The molecular formula is C26H29F2N5O3. The van der Waals surface area contributed by atoms with Gasteiger partial charge in [-0.25, -0.2) is 13.8 Å². The number of halogens is 2. The Balaban J connectivity index is 1.22. The lowest BCUT2D eigenvalue weighted by Crippen LogP contribution is -2.54. The zero-order valence-electron chi connectivity index (χ0n) is 19.8. The van der Waals surface area contributed by atoms with E-state index < -0.39 is 11.6 Å². The molecule has 3 aromatic rings. The van der Waals surface area contributed by atoms with Crippen molar-refractivity contribution in [3.8, 4) is 11.3 Å². The fraction of sp³-hybridized carbons (Fsp3) is 0.423. The van der Waals surface area contributed by atoms with E-state index in [0.29, 0.717) is 6.01 Å². The van der Waals surface area contributed by atoms with Crippen LogP contribution in [0.15, 0.2) is 53.1 Å². The minimum atomic E-state index is -0.690. The van der Waals surface area contributed by atoms with Crippen molar-refractivity contribution in [3.05, 3.63) is 70.4 Å². The van der Waals surface area contributed by atoms with Crippen molar-refractivity contribution in [2.24, 2.45) is 0 Å². The van der Waals surface area contributed by atoms with Crippen LogP contribution in [0, 0.1) is 21.7 Å². The van der Waals surface area contributed by atoms with Gasteiger partial charge in [-0.3, -0.25) is 10.1 Å². The maximum atomic E-state index is 14.1. The number of hydrogen-bond donors (Lipinski definition) is 2. The van der Waals surface area contributed by atoms with Crippen molar-refractivity contribution >= 4 is 17.4 Å². The van der Waals surface area contributed by atoms with E-state index >= 15 is 0 Å². The third kappa shape index (κ3) is 5.48. The van der Waals surface area contributed by atoms with E-state index in [0.717, 1.165) is 63.4 Å². The predicted octanol–water partition coefficient (Wildman–Crippen LogP) is 5.51. The summed E-state index contributed by atoms with van der Waals surface area (Å²) in [7, 11) is 0. The highest BCUT2D eigenvalue weighted by Gasteiger charge is 2.30. The summed E-state index contributed by atoms with van der Waals surface area (Å²) in [5, 5.41) is 18.2. The molecule has 0 radical (unpaired) electrons. The number of nitro benzene ring substituents is 1. The summed E-state index contributed by atoms with van der Waals surface area (Å²) in [5.41, 5.74) is 1.26. The first-order valence-electron chi connectivity index (χ1n) is 12.4. The number of anilines is 2. The van der Waals surface area contributed by atoms with E-state index in [1.165, 1.54) is 18.3 Å². The summed E-state index contributed by atoms with van der Waals surface area (Å²) in [6.45, 7) is 1.75. The highest BCUT2D eigenvalue weighted by Crippen LogP contribution is 2.29. The summed E-state index contributed by atoms with van der Waals surface area (Å²) < 4.78 is 33.2. The molecule has 2 heterocycles. The average molecular weight is 498 g/mol. The Labute approximate surface area is 207 Å². The van der Waals surface area contributed by atoms with Crippen LogP contribution in [-0.2, 0) is 0 Å². The van der Waals surface area contributed by atoms with Crippen LogP contribution in [0.4, 0.5) is 26.2 Å². The largest absolute Gasteiger partial charge is 0.423 e. The molecule has 3 atom stereocenters. The van der Waals surface area contributed by atoms with E-state index in [9.17, 15) is 18.9 Å². The quantitative estimate of drug-likeness (QED) is 0.328. The zero-order valence-corrected chi connectivity index (χ0v) is 19.8. The molecule has 2 N–H and O–H groups in total. The first-order chi connectivity index (χ1) is 17.5. The van der Waals surface area contributed by atoms with Gasteiger partial charge in [-0.2, -0.15) is 0 Å². The first kappa shape index (κ1) is 24.2. The summed E-state index contributed by atoms with van der Waals surface area (Å²) in [6, 6.07) is 11.0. The topological polar surface area (TPSA) is 96.5 Å². The Morgan fingerprint density at radius 3 is 2.56 bits per heavy atom. The van der Waals surface area contributed by atoms with Gasteiger partial charge in [-0.05, 0) is 49.9 Å². The van der Waals surface area contributed by atoms with Gasteiger partial charge >= 0.3 is 0 Å². The van der Waals surface area contributed by atoms with Crippen molar-refractivity contribution in [1.29, 1.82) is 0 Å². The second-order valence-corrected chi connectivity index (χ2v) is 9.52. The van der Waals surface area contributed by atoms with Crippen LogP contribution in [0.1, 0.15) is 38.5 Å². The lowest BCUT2D eigenvalue weighted by atomic mass is 9.89. The molecule has 5 rings (SSSR count). The van der Waals surface area contributed by atoms with Gasteiger partial charge in [0, 0.05) is 55.1 Å². The van der Waals surface area contributed by atoms with Crippen LogP contribution in [0.5, 0.6) is 0 Å². The lowest BCUT2D eigenvalue weighted by Gasteiger charge is -2.40. The highest BCUT2D eigenvalue weighted by molar-refractivity contribution is 5.58. The third-order valence-electron chi connectivity index (χ3n) is 7.07. The predicted molar refractivity (Wildman–Crippen MR) is 133 cm³/mol. The van der Waals surface area contributed by atoms with E-state index in [-0.39, 0.29) is 40.1 Å². The van der Waals surface area contributed by atoms with Gasteiger partial charge in [0.25, 0.3) is 11.7 Å². The Hall–Kier alpha value is -3.53. The molecule has 2 aromatic carbocycles. The smallest absolute Gasteiger partial charge is 0.295 e. The van der Waals surface area contributed by atoms with Crippen LogP contribution in [0.25, 0.3) is 11.3 Å². The van der Waals surface area contributed by atoms with Crippen LogP contribution in [0.3, 0.4) is 0 Å². The van der Waals surface area contributed by atoms with Crippen molar-refractivity contribution < 1.29 is 18.1 Å². The molecule has 1 aliphatic carbocycles. The molecule has 1 saturated carbocycles. The molecule has 2 aliphatic rings. The number of rotatable bonds is 7. The van der Waals surface area contributed by atoms with Crippen molar-refractivity contribution in [3.63, 3.8) is 0 Å². The van der Waals surface area contributed by atoms with Gasteiger partial charge in [0.1, 0.15) is 11.6 Å². The molecule has 36 heavy (non-hydrogen) atoms. The molecule has 1 aliphatic heterocycles. The number of nitro groups is 1. The molecular weight excluding hydrogens is 468 g/mol. The third-order valence-corrected chi connectivity index (χ3v) is 7.07. The van der Waals surface area contributed by atoms with Gasteiger partial charge in [0.05, 0.1) is 16.7 Å². The Morgan fingerprint density at radius 1 is 1.03 bits per heavy atom. The summed E-state index contributed by atoms with van der Waals surface area (Å²) in [6.07, 6.45) is 7.74. The number of benzene rings is 2. The fourth-order valence-corrected chi connectivity index (χ4v) is 5.25.